The molecular formula is C17H28O3. The molecule has 114 valence electrons. The topological polar surface area (TPSA) is 43.4 Å². The molecule has 1 saturated carbocycles. The molecule has 0 aromatic rings. The van der Waals surface area contributed by atoms with Gasteiger partial charge in [-0.1, -0.05) is 38.3 Å². The van der Waals surface area contributed by atoms with E-state index in [0.29, 0.717) is 11.8 Å². The van der Waals surface area contributed by atoms with Crippen molar-refractivity contribution in [1.82, 2.24) is 0 Å². The number of hydrogen-bond acceptors (Lipinski definition) is 3. The maximum Gasteiger partial charge on any atom is 0.309 e. The monoisotopic (exact) mass is 280 g/mol. The molecule has 1 atom stereocenters. The molecule has 1 fully saturated rings. The summed E-state index contributed by atoms with van der Waals surface area (Å²) in [5.74, 6) is -0.569. The Hall–Kier alpha value is -1.12. The number of methoxy groups -OCH3 is 1. The van der Waals surface area contributed by atoms with E-state index in [-0.39, 0.29) is 24.1 Å². The number of ketones is 1. The lowest BCUT2D eigenvalue weighted by atomic mass is 9.80. The summed E-state index contributed by atoms with van der Waals surface area (Å²) < 4.78 is 4.76. The molecule has 20 heavy (non-hydrogen) atoms. The van der Waals surface area contributed by atoms with Crippen LogP contribution in [0, 0.1) is 11.3 Å². The highest BCUT2D eigenvalue weighted by atomic mass is 16.5. The highest BCUT2D eigenvalue weighted by molar-refractivity contribution is 5.82. The van der Waals surface area contributed by atoms with E-state index in [1.165, 1.54) is 46.1 Å². The van der Waals surface area contributed by atoms with Crippen molar-refractivity contribution < 1.29 is 14.3 Å². The van der Waals surface area contributed by atoms with Gasteiger partial charge in [0.2, 0.25) is 0 Å². The molecule has 0 amide bonds. The summed E-state index contributed by atoms with van der Waals surface area (Å²) in [5.41, 5.74) is 0.484. The van der Waals surface area contributed by atoms with Gasteiger partial charge in [-0.05, 0) is 38.0 Å². The molecule has 1 aliphatic rings. The Kier molecular flexibility index (Phi) is 6.97. The first kappa shape index (κ1) is 16.9. The van der Waals surface area contributed by atoms with Crippen LogP contribution in [0.4, 0.5) is 0 Å². The molecule has 1 aliphatic carbocycles. The van der Waals surface area contributed by atoms with E-state index in [9.17, 15) is 9.59 Å². The maximum atomic E-state index is 11.6. The molecule has 1 rings (SSSR count). The molecule has 0 spiro atoms. The number of ether oxygens (including phenoxy) is 1. The number of esters is 1. The minimum absolute atomic E-state index is 0.0367. The summed E-state index contributed by atoms with van der Waals surface area (Å²) in [7, 11) is 1.38. The van der Waals surface area contributed by atoms with Crippen LogP contribution in [0.25, 0.3) is 0 Å². The van der Waals surface area contributed by atoms with E-state index < -0.39 is 0 Å². The highest BCUT2D eigenvalue weighted by Gasteiger charge is 2.30. The largest absolute Gasteiger partial charge is 0.469 e. The SMILES string of the molecule is CCC1(CC=CCC(CC(C)=O)C(=O)OC)CCCC1. The molecule has 0 N–H and O–H groups in total. The van der Waals surface area contributed by atoms with Gasteiger partial charge in [-0.3, -0.25) is 4.79 Å². The van der Waals surface area contributed by atoms with Crippen LogP contribution in [-0.2, 0) is 14.3 Å². The second-order valence-electron chi connectivity index (χ2n) is 6.10. The summed E-state index contributed by atoms with van der Waals surface area (Å²) in [5, 5.41) is 0. The first-order valence-corrected chi connectivity index (χ1v) is 7.75. The summed E-state index contributed by atoms with van der Waals surface area (Å²) in [4.78, 5) is 22.8. The smallest absolute Gasteiger partial charge is 0.309 e. The molecular weight excluding hydrogens is 252 g/mol. The van der Waals surface area contributed by atoms with Gasteiger partial charge in [-0.25, -0.2) is 0 Å². The third-order valence-corrected chi connectivity index (χ3v) is 4.62. The van der Waals surface area contributed by atoms with Gasteiger partial charge >= 0.3 is 5.97 Å². The Bertz CT molecular complexity index is 351. The highest BCUT2D eigenvalue weighted by Crippen LogP contribution is 2.44. The molecule has 0 bridgehead atoms. The first-order chi connectivity index (χ1) is 9.53. The lowest BCUT2D eigenvalue weighted by Gasteiger charge is -2.25. The fourth-order valence-electron chi connectivity index (χ4n) is 3.20. The Morgan fingerprint density at radius 3 is 2.40 bits per heavy atom. The molecule has 3 heteroatoms. The Labute approximate surface area is 122 Å². The number of rotatable bonds is 8. The van der Waals surface area contributed by atoms with Crippen LogP contribution < -0.4 is 0 Å². The predicted molar refractivity (Wildman–Crippen MR) is 80.4 cm³/mol. The van der Waals surface area contributed by atoms with Gasteiger partial charge in [-0.2, -0.15) is 0 Å². The Morgan fingerprint density at radius 2 is 1.90 bits per heavy atom. The molecule has 0 radical (unpaired) electrons. The van der Waals surface area contributed by atoms with Crippen LogP contribution in [0.2, 0.25) is 0 Å². The van der Waals surface area contributed by atoms with Crippen molar-refractivity contribution in [3.8, 4) is 0 Å². The van der Waals surface area contributed by atoms with Gasteiger partial charge in [0.15, 0.2) is 0 Å². The van der Waals surface area contributed by atoms with Crippen molar-refractivity contribution in [1.29, 1.82) is 0 Å². The lowest BCUT2D eigenvalue weighted by Crippen LogP contribution is -2.18. The van der Waals surface area contributed by atoms with Crippen LogP contribution in [0.1, 0.15) is 65.2 Å². The zero-order valence-electron chi connectivity index (χ0n) is 13.1. The van der Waals surface area contributed by atoms with Gasteiger partial charge < -0.3 is 9.53 Å². The second kappa shape index (κ2) is 8.23. The molecule has 0 saturated heterocycles. The van der Waals surface area contributed by atoms with Crippen molar-refractivity contribution in [2.75, 3.05) is 7.11 Å². The summed E-state index contributed by atoms with van der Waals surface area (Å²) in [6.45, 7) is 3.79. The van der Waals surface area contributed by atoms with E-state index in [1.54, 1.807) is 0 Å². The lowest BCUT2D eigenvalue weighted by molar-refractivity contribution is -0.146. The van der Waals surface area contributed by atoms with Crippen LogP contribution in [0.5, 0.6) is 0 Å². The van der Waals surface area contributed by atoms with E-state index in [2.05, 4.69) is 19.1 Å². The van der Waals surface area contributed by atoms with Crippen LogP contribution in [0.3, 0.4) is 0 Å². The second-order valence-corrected chi connectivity index (χ2v) is 6.10. The van der Waals surface area contributed by atoms with Crippen molar-refractivity contribution in [2.24, 2.45) is 11.3 Å². The van der Waals surface area contributed by atoms with Crippen molar-refractivity contribution in [2.45, 2.75) is 65.2 Å². The molecule has 0 aromatic carbocycles. The van der Waals surface area contributed by atoms with Crippen molar-refractivity contribution >= 4 is 11.8 Å². The number of allylic oxidation sites excluding steroid dienone is 2. The molecule has 1 unspecified atom stereocenters. The first-order valence-electron chi connectivity index (χ1n) is 7.75. The minimum Gasteiger partial charge on any atom is -0.469 e. The third-order valence-electron chi connectivity index (χ3n) is 4.62. The van der Waals surface area contributed by atoms with Gasteiger partial charge in [0.25, 0.3) is 0 Å². The van der Waals surface area contributed by atoms with E-state index >= 15 is 0 Å². The zero-order chi connectivity index (χ0) is 15.0. The van der Waals surface area contributed by atoms with Crippen molar-refractivity contribution in [3.05, 3.63) is 12.2 Å². The van der Waals surface area contributed by atoms with Crippen molar-refractivity contribution in [3.63, 3.8) is 0 Å². The van der Waals surface area contributed by atoms with Gasteiger partial charge in [-0.15, -0.1) is 0 Å². The molecule has 0 heterocycles. The normalized spacial score (nSPS) is 19.1. The van der Waals surface area contributed by atoms with Gasteiger partial charge in [0.1, 0.15) is 5.78 Å². The fourth-order valence-corrected chi connectivity index (χ4v) is 3.20. The average molecular weight is 280 g/mol. The van der Waals surface area contributed by atoms with E-state index in [0.717, 1.165) is 6.42 Å². The number of Topliss-reactive ketones (excluding diaryl/α,β-unsaturated/α-hetero) is 1. The third kappa shape index (κ3) is 5.10. The molecule has 3 nitrogen and oxygen atoms in total. The van der Waals surface area contributed by atoms with Crippen LogP contribution in [-0.4, -0.2) is 18.9 Å². The standard InChI is InChI=1S/C17H28O3/c1-4-17(11-7-8-12-17)10-6-5-9-15(13-14(2)18)16(19)20-3/h5-6,15H,4,7-13H2,1-3H3. The van der Waals surface area contributed by atoms with Crippen LogP contribution in [0.15, 0.2) is 12.2 Å². The summed E-state index contributed by atoms with van der Waals surface area (Å²) >= 11 is 0. The maximum absolute atomic E-state index is 11.6. The molecule has 0 aromatic heterocycles. The summed E-state index contributed by atoms with van der Waals surface area (Å²) in [6.07, 6.45) is 12.8. The van der Waals surface area contributed by atoms with Crippen LogP contribution >= 0.6 is 0 Å². The zero-order valence-corrected chi connectivity index (χ0v) is 13.1. The summed E-state index contributed by atoms with van der Waals surface area (Å²) in [6, 6.07) is 0. The quantitative estimate of drug-likeness (QED) is 0.497. The fraction of sp³-hybridized carbons (Fsp3) is 0.765. The van der Waals surface area contributed by atoms with E-state index in [1.807, 2.05) is 0 Å². The number of hydrogen-bond donors (Lipinski definition) is 0. The van der Waals surface area contributed by atoms with E-state index in [4.69, 9.17) is 4.74 Å². The number of carbonyl (C=O) groups is 2. The Balaban J connectivity index is 2.47. The number of carbonyl (C=O) groups excluding carboxylic acids is 2. The van der Waals surface area contributed by atoms with Gasteiger partial charge in [0.05, 0.1) is 13.0 Å². The predicted octanol–water partition coefficient (Wildman–Crippen LogP) is 4.06. The molecule has 0 aliphatic heterocycles. The average Bonchev–Trinajstić information content (AvgIpc) is 2.90. The van der Waals surface area contributed by atoms with Gasteiger partial charge in [0, 0.05) is 6.42 Å². The Morgan fingerprint density at radius 1 is 1.25 bits per heavy atom. The minimum atomic E-state index is -0.324.